The molecule has 0 bridgehead atoms. The number of hydrogen-bond donors (Lipinski definition) is 2. The van der Waals surface area contributed by atoms with Crippen molar-refractivity contribution in [2.75, 3.05) is 5.88 Å². The van der Waals surface area contributed by atoms with E-state index in [-0.39, 0.29) is 5.88 Å². The van der Waals surface area contributed by atoms with Crippen molar-refractivity contribution in [2.24, 2.45) is 0 Å². The lowest BCUT2D eigenvalue weighted by molar-refractivity contribution is 0.422. The quantitative estimate of drug-likeness (QED) is 0.433. The molecule has 0 spiro atoms. The summed E-state index contributed by atoms with van der Waals surface area (Å²) < 4.78 is 1.77. The van der Waals surface area contributed by atoms with Crippen LogP contribution >= 0.6 is 11.6 Å². The number of hydrogen-bond acceptors (Lipinski definition) is 5. The van der Waals surface area contributed by atoms with Gasteiger partial charge in [0.25, 0.3) is 0 Å². The van der Waals surface area contributed by atoms with Gasteiger partial charge in [-0.1, -0.05) is 61.9 Å². The zero-order chi connectivity index (χ0) is 21.3. The SMILES string of the molecule is CCCCCl.Cc1ncc(O)n1Cc1ccc(-c2ccccc2-c2nnn[nH]2)cc1. The van der Waals surface area contributed by atoms with Gasteiger partial charge in [0, 0.05) is 11.4 Å². The van der Waals surface area contributed by atoms with Crippen molar-refractivity contribution >= 4 is 11.6 Å². The summed E-state index contributed by atoms with van der Waals surface area (Å²) in [6.07, 6.45) is 3.83. The van der Waals surface area contributed by atoms with E-state index in [9.17, 15) is 5.11 Å². The molecule has 2 N–H and O–H groups in total. The first-order valence-corrected chi connectivity index (χ1v) is 10.4. The van der Waals surface area contributed by atoms with Crippen LogP contribution in [0.25, 0.3) is 22.5 Å². The molecule has 0 atom stereocenters. The first-order valence-electron chi connectivity index (χ1n) is 9.83. The minimum absolute atomic E-state index is 0.171. The van der Waals surface area contributed by atoms with Gasteiger partial charge in [-0.2, -0.15) is 0 Å². The normalized spacial score (nSPS) is 10.5. The van der Waals surface area contributed by atoms with E-state index < -0.39 is 0 Å². The maximum absolute atomic E-state index is 9.85. The first-order chi connectivity index (χ1) is 14.6. The monoisotopic (exact) mass is 424 g/mol. The molecule has 4 rings (SSSR count). The van der Waals surface area contributed by atoms with Gasteiger partial charge in [0.15, 0.2) is 5.82 Å². The smallest absolute Gasteiger partial charge is 0.211 e. The lowest BCUT2D eigenvalue weighted by Gasteiger charge is -2.10. The Morgan fingerprint density at radius 2 is 1.80 bits per heavy atom. The topological polar surface area (TPSA) is 92.5 Å². The van der Waals surface area contributed by atoms with Crippen LogP contribution in [0.1, 0.15) is 31.2 Å². The van der Waals surface area contributed by atoms with Crippen molar-refractivity contribution in [3.63, 3.8) is 0 Å². The number of rotatable bonds is 6. The molecule has 0 aliphatic carbocycles. The second kappa shape index (κ2) is 10.5. The number of aromatic nitrogens is 6. The molecule has 0 radical (unpaired) electrons. The second-order valence-corrected chi connectivity index (χ2v) is 7.16. The minimum Gasteiger partial charge on any atom is -0.493 e. The highest BCUT2D eigenvalue weighted by molar-refractivity contribution is 6.17. The fraction of sp³-hybridized carbons (Fsp3) is 0.273. The minimum atomic E-state index is 0.171. The average Bonchev–Trinajstić information content (AvgIpc) is 3.42. The number of aryl methyl sites for hydroxylation is 1. The predicted octanol–water partition coefficient (Wildman–Crippen LogP) is 4.82. The summed E-state index contributed by atoms with van der Waals surface area (Å²) in [5.41, 5.74) is 4.15. The zero-order valence-corrected chi connectivity index (χ0v) is 17.8. The van der Waals surface area contributed by atoms with Crippen LogP contribution in [0.3, 0.4) is 0 Å². The van der Waals surface area contributed by atoms with Gasteiger partial charge in [0.1, 0.15) is 5.82 Å². The number of halogens is 1. The Hall–Kier alpha value is -3.19. The molecule has 0 fully saturated rings. The fourth-order valence-electron chi connectivity index (χ4n) is 2.97. The molecule has 0 amide bonds. The molecular formula is C22H25ClN6O. The van der Waals surface area contributed by atoms with Crippen LogP contribution in [0, 0.1) is 6.92 Å². The number of nitrogens with zero attached hydrogens (tertiary/aromatic N) is 5. The van der Waals surface area contributed by atoms with E-state index in [0.29, 0.717) is 12.4 Å². The molecule has 2 heterocycles. The molecule has 7 nitrogen and oxygen atoms in total. The van der Waals surface area contributed by atoms with Gasteiger partial charge in [-0.15, -0.1) is 16.7 Å². The molecule has 0 unspecified atom stereocenters. The van der Waals surface area contributed by atoms with Crippen LogP contribution in [0.15, 0.2) is 54.7 Å². The summed E-state index contributed by atoms with van der Waals surface area (Å²) >= 11 is 5.30. The van der Waals surface area contributed by atoms with Crippen molar-refractivity contribution in [1.29, 1.82) is 0 Å². The Morgan fingerprint density at radius 3 is 2.33 bits per heavy atom. The molecule has 2 aromatic carbocycles. The standard InChI is InChI=1S/C18H16N6O.C4H9Cl/c1-12-19-10-17(25)24(12)11-13-6-8-14(9-7-13)15-4-2-3-5-16(15)18-20-22-23-21-18;1-2-3-4-5/h2-10,25H,11H2,1H3,(H,20,21,22,23);2-4H2,1H3. The number of alkyl halides is 1. The number of tetrazole rings is 1. The van der Waals surface area contributed by atoms with E-state index in [1.807, 2.05) is 43.3 Å². The molecule has 0 aliphatic rings. The van der Waals surface area contributed by atoms with Gasteiger partial charge in [0.2, 0.25) is 5.88 Å². The van der Waals surface area contributed by atoms with Crippen LogP contribution in [-0.4, -0.2) is 41.2 Å². The van der Waals surface area contributed by atoms with Crippen LogP contribution in [0.5, 0.6) is 5.88 Å². The number of benzene rings is 2. The van der Waals surface area contributed by atoms with Gasteiger partial charge in [-0.05, 0) is 40.5 Å². The van der Waals surface area contributed by atoms with Crippen molar-refractivity contribution in [1.82, 2.24) is 30.2 Å². The Labute approximate surface area is 180 Å². The number of imidazole rings is 1. The molecule has 0 aliphatic heterocycles. The maximum Gasteiger partial charge on any atom is 0.211 e. The van der Waals surface area contributed by atoms with E-state index in [1.54, 1.807) is 4.57 Å². The molecule has 4 aromatic rings. The van der Waals surface area contributed by atoms with Crippen molar-refractivity contribution < 1.29 is 5.11 Å². The molecule has 0 saturated heterocycles. The van der Waals surface area contributed by atoms with Crippen LogP contribution in [-0.2, 0) is 6.54 Å². The Bertz CT molecular complexity index is 1020. The molecule has 0 saturated carbocycles. The summed E-state index contributed by atoms with van der Waals surface area (Å²) in [5.74, 6) is 2.41. The summed E-state index contributed by atoms with van der Waals surface area (Å²) in [4.78, 5) is 4.11. The van der Waals surface area contributed by atoms with E-state index in [0.717, 1.165) is 40.4 Å². The fourth-order valence-corrected chi connectivity index (χ4v) is 3.24. The number of aromatic amines is 1. The van der Waals surface area contributed by atoms with Crippen LogP contribution < -0.4 is 0 Å². The first kappa shape index (κ1) is 21.5. The summed E-state index contributed by atoms with van der Waals surface area (Å²) in [6.45, 7) is 4.57. The Kier molecular flexibility index (Phi) is 7.57. The van der Waals surface area contributed by atoms with Crippen LogP contribution in [0.4, 0.5) is 0 Å². The largest absolute Gasteiger partial charge is 0.493 e. The third-order valence-electron chi connectivity index (χ3n) is 4.65. The van der Waals surface area contributed by atoms with Gasteiger partial charge >= 0.3 is 0 Å². The third-order valence-corrected chi connectivity index (χ3v) is 4.92. The lowest BCUT2D eigenvalue weighted by Crippen LogP contribution is -2.01. The highest BCUT2D eigenvalue weighted by Gasteiger charge is 2.10. The van der Waals surface area contributed by atoms with E-state index >= 15 is 0 Å². The van der Waals surface area contributed by atoms with Crippen molar-refractivity contribution in [3.05, 3.63) is 66.1 Å². The maximum atomic E-state index is 9.85. The molecule has 30 heavy (non-hydrogen) atoms. The van der Waals surface area contributed by atoms with Crippen molar-refractivity contribution in [2.45, 2.75) is 33.2 Å². The number of nitrogens with one attached hydrogen (secondary N) is 1. The van der Waals surface area contributed by atoms with Crippen molar-refractivity contribution in [3.8, 4) is 28.4 Å². The Balaban J connectivity index is 0.000000461. The molecule has 156 valence electrons. The molecule has 8 heteroatoms. The number of aromatic hydroxyl groups is 1. The van der Waals surface area contributed by atoms with Gasteiger partial charge in [-0.3, -0.25) is 4.57 Å². The van der Waals surface area contributed by atoms with E-state index in [4.69, 9.17) is 11.6 Å². The Morgan fingerprint density at radius 1 is 1.07 bits per heavy atom. The third kappa shape index (κ3) is 5.24. The van der Waals surface area contributed by atoms with Crippen LogP contribution in [0.2, 0.25) is 0 Å². The average molecular weight is 425 g/mol. The summed E-state index contributed by atoms with van der Waals surface area (Å²) in [7, 11) is 0. The number of unbranched alkanes of at least 4 members (excludes halogenated alkanes) is 1. The highest BCUT2D eigenvalue weighted by atomic mass is 35.5. The van der Waals surface area contributed by atoms with E-state index in [1.165, 1.54) is 12.6 Å². The van der Waals surface area contributed by atoms with E-state index in [2.05, 4.69) is 44.7 Å². The van der Waals surface area contributed by atoms with Gasteiger partial charge < -0.3 is 5.11 Å². The zero-order valence-electron chi connectivity index (χ0n) is 17.1. The van der Waals surface area contributed by atoms with Gasteiger partial charge in [0.05, 0.1) is 12.7 Å². The summed E-state index contributed by atoms with van der Waals surface area (Å²) in [5, 5.41) is 24.0. The lowest BCUT2D eigenvalue weighted by atomic mass is 9.98. The molecular weight excluding hydrogens is 400 g/mol. The second-order valence-electron chi connectivity index (χ2n) is 6.78. The number of H-pyrrole nitrogens is 1. The molecule has 2 aromatic heterocycles. The summed E-state index contributed by atoms with van der Waals surface area (Å²) in [6, 6.07) is 16.2. The van der Waals surface area contributed by atoms with Gasteiger partial charge in [-0.25, -0.2) is 10.1 Å². The highest BCUT2D eigenvalue weighted by Crippen LogP contribution is 2.30. The predicted molar refractivity (Wildman–Crippen MR) is 118 cm³/mol.